The summed E-state index contributed by atoms with van der Waals surface area (Å²) in [5.74, 6) is -0.178. The Hall–Kier alpha value is -1.31. The SMILES string of the molecule is O=[N+]([O-])c1cc(Br)ccc1OCCC(F)(F)F. The van der Waals surface area contributed by atoms with Crippen LogP contribution in [0.2, 0.25) is 0 Å². The molecule has 94 valence electrons. The Kier molecular flexibility index (Phi) is 4.33. The Bertz CT molecular complexity index is 422. The highest BCUT2D eigenvalue weighted by atomic mass is 79.9. The number of alkyl halides is 3. The molecule has 4 nitrogen and oxygen atoms in total. The third kappa shape index (κ3) is 4.59. The zero-order valence-electron chi connectivity index (χ0n) is 8.33. The lowest BCUT2D eigenvalue weighted by atomic mass is 10.3. The van der Waals surface area contributed by atoms with Crippen molar-refractivity contribution < 1.29 is 22.8 Å². The highest BCUT2D eigenvalue weighted by Gasteiger charge is 2.27. The summed E-state index contributed by atoms with van der Waals surface area (Å²) in [6, 6.07) is 3.87. The van der Waals surface area contributed by atoms with Crippen LogP contribution in [0.4, 0.5) is 18.9 Å². The second-order valence-corrected chi connectivity index (χ2v) is 4.00. The minimum Gasteiger partial charge on any atom is -0.486 e. The molecule has 1 aromatic rings. The molecule has 17 heavy (non-hydrogen) atoms. The molecule has 0 spiro atoms. The van der Waals surface area contributed by atoms with Gasteiger partial charge in [0, 0.05) is 10.5 Å². The van der Waals surface area contributed by atoms with E-state index in [1.165, 1.54) is 18.2 Å². The van der Waals surface area contributed by atoms with Crippen LogP contribution in [0.5, 0.6) is 5.75 Å². The maximum absolute atomic E-state index is 11.9. The molecule has 0 N–H and O–H groups in total. The van der Waals surface area contributed by atoms with Crippen molar-refractivity contribution in [1.29, 1.82) is 0 Å². The molecule has 0 aliphatic heterocycles. The Morgan fingerprint density at radius 2 is 2.06 bits per heavy atom. The molecule has 0 bridgehead atoms. The largest absolute Gasteiger partial charge is 0.486 e. The Labute approximate surface area is 103 Å². The number of halogens is 4. The fourth-order valence-electron chi connectivity index (χ4n) is 1.03. The highest BCUT2D eigenvalue weighted by molar-refractivity contribution is 9.10. The summed E-state index contributed by atoms with van der Waals surface area (Å²) in [7, 11) is 0. The van der Waals surface area contributed by atoms with E-state index in [0.717, 1.165) is 0 Å². The number of nitro groups is 1. The lowest BCUT2D eigenvalue weighted by Crippen LogP contribution is -2.13. The number of hydrogen-bond donors (Lipinski definition) is 0. The first kappa shape index (κ1) is 13.8. The third-order valence-electron chi connectivity index (χ3n) is 1.76. The van der Waals surface area contributed by atoms with Crippen molar-refractivity contribution in [3.8, 4) is 5.75 Å². The van der Waals surface area contributed by atoms with Crippen LogP contribution >= 0.6 is 15.9 Å². The van der Waals surface area contributed by atoms with Gasteiger partial charge in [0.2, 0.25) is 0 Å². The van der Waals surface area contributed by atoms with Crippen LogP contribution in [0, 0.1) is 10.1 Å². The van der Waals surface area contributed by atoms with Crippen LogP contribution in [0.25, 0.3) is 0 Å². The molecule has 1 rings (SSSR count). The van der Waals surface area contributed by atoms with Crippen LogP contribution in [0.15, 0.2) is 22.7 Å². The van der Waals surface area contributed by atoms with Gasteiger partial charge in [0.05, 0.1) is 18.0 Å². The number of nitro benzene ring substituents is 1. The van der Waals surface area contributed by atoms with Gasteiger partial charge in [-0.1, -0.05) is 15.9 Å². The van der Waals surface area contributed by atoms with E-state index in [2.05, 4.69) is 15.9 Å². The predicted molar refractivity (Wildman–Crippen MR) is 57.0 cm³/mol. The van der Waals surface area contributed by atoms with Gasteiger partial charge >= 0.3 is 11.9 Å². The molecular formula is C9H7BrF3NO3. The van der Waals surface area contributed by atoms with Crippen molar-refractivity contribution in [2.75, 3.05) is 6.61 Å². The van der Waals surface area contributed by atoms with Gasteiger partial charge in [-0.05, 0) is 12.1 Å². The first-order valence-corrected chi connectivity index (χ1v) is 5.22. The van der Waals surface area contributed by atoms with Crippen LogP contribution < -0.4 is 4.74 Å². The van der Waals surface area contributed by atoms with Gasteiger partial charge in [0.25, 0.3) is 0 Å². The third-order valence-corrected chi connectivity index (χ3v) is 2.25. The van der Waals surface area contributed by atoms with E-state index in [-0.39, 0.29) is 11.4 Å². The van der Waals surface area contributed by atoms with Gasteiger partial charge in [-0.15, -0.1) is 0 Å². The van der Waals surface area contributed by atoms with Gasteiger partial charge < -0.3 is 4.74 Å². The molecule has 0 aliphatic carbocycles. The fraction of sp³-hybridized carbons (Fsp3) is 0.333. The van der Waals surface area contributed by atoms with Gasteiger partial charge in [-0.25, -0.2) is 0 Å². The smallest absolute Gasteiger partial charge is 0.392 e. The summed E-state index contributed by atoms with van der Waals surface area (Å²) in [5.41, 5.74) is -0.374. The quantitative estimate of drug-likeness (QED) is 0.629. The monoisotopic (exact) mass is 313 g/mol. The normalized spacial score (nSPS) is 11.3. The Morgan fingerprint density at radius 1 is 1.41 bits per heavy atom. The average Bonchev–Trinajstić information content (AvgIpc) is 2.18. The van der Waals surface area contributed by atoms with E-state index in [1.807, 2.05) is 0 Å². The van der Waals surface area contributed by atoms with E-state index in [9.17, 15) is 23.3 Å². The van der Waals surface area contributed by atoms with E-state index < -0.39 is 24.1 Å². The summed E-state index contributed by atoms with van der Waals surface area (Å²) in [4.78, 5) is 9.90. The molecule has 0 aromatic heterocycles. The van der Waals surface area contributed by atoms with Crippen LogP contribution in [0.3, 0.4) is 0 Å². The molecule has 0 aliphatic rings. The second kappa shape index (κ2) is 5.35. The molecule has 0 radical (unpaired) electrons. The summed E-state index contributed by atoms with van der Waals surface area (Å²) in [6.07, 6.45) is -5.50. The predicted octanol–water partition coefficient (Wildman–Crippen LogP) is 3.69. The minimum absolute atomic E-state index is 0.178. The van der Waals surface area contributed by atoms with Crippen LogP contribution in [0.1, 0.15) is 6.42 Å². The molecule has 0 saturated heterocycles. The zero-order chi connectivity index (χ0) is 13.1. The van der Waals surface area contributed by atoms with Gasteiger partial charge in [-0.2, -0.15) is 13.2 Å². The number of nitrogens with zero attached hydrogens (tertiary/aromatic N) is 1. The first-order chi connectivity index (χ1) is 7.79. The number of rotatable bonds is 4. The molecule has 0 atom stereocenters. The summed E-state index contributed by atoms with van der Waals surface area (Å²) < 4.78 is 40.8. The zero-order valence-corrected chi connectivity index (χ0v) is 9.92. The van der Waals surface area contributed by atoms with E-state index in [1.54, 1.807) is 0 Å². The average molecular weight is 314 g/mol. The standard InChI is InChI=1S/C9H7BrF3NO3/c10-6-1-2-8(7(5-6)14(15)16)17-4-3-9(11,12)13/h1-2,5H,3-4H2. The minimum atomic E-state index is -4.34. The lowest BCUT2D eigenvalue weighted by molar-refractivity contribution is -0.386. The number of benzene rings is 1. The lowest BCUT2D eigenvalue weighted by Gasteiger charge is -2.08. The van der Waals surface area contributed by atoms with Crippen molar-refractivity contribution in [1.82, 2.24) is 0 Å². The summed E-state index contributed by atoms with van der Waals surface area (Å²) >= 11 is 3.02. The summed E-state index contributed by atoms with van der Waals surface area (Å²) in [6.45, 7) is -0.647. The molecule has 1 aromatic carbocycles. The van der Waals surface area contributed by atoms with Crippen molar-refractivity contribution in [2.24, 2.45) is 0 Å². The van der Waals surface area contributed by atoms with Crippen molar-refractivity contribution in [3.05, 3.63) is 32.8 Å². The molecule has 0 heterocycles. The van der Waals surface area contributed by atoms with Crippen LogP contribution in [-0.2, 0) is 0 Å². The fourth-order valence-corrected chi connectivity index (χ4v) is 1.38. The highest BCUT2D eigenvalue weighted by Crippen LogP contribution is 2.30. The maximum Gasteiger partial charge on any atom is 0.392 e. The van der Waals surface area contributed by atoms with E-state index >= 15 is 0 Å². The van der Waals surface area contributed by atoms with Crippen LogP contribution in [-0.4, -0.2) is 17.7 Å². The van der Waals surface area contributed by atoms with Gasteiger partial charge in [0.15, 0.2) is 5.75 Å². The number of hydrogen-bond acceptors (Lipinski definition) is 3. The van der Waals surface area contributed by atoms with E-state index in [0.29, 0.717) is 4.47 Å². The molecule has 0 amide bonds. The molecule has 8 heteroatoms. The van der Waals surface area contributed by atoms with Crippen molar-refractivity contribution in [3.63, 3.8) is 0 Å². The van der Waals surface area contributed by atoms with E-state index in [4.69, 9.17) is 4.74 Å². The molecule has 0 saturated carbocycles. The first-order valence-electron chi connectivity index (χ1n) is 4.43. The van der Waals surface area contributed by atoms with Gasteiger partial charge in [0.1, 0.15) is 0 Å². The molecule has 0 unspecified atom stereocenters. The Morgan fingerprint density at radius 3 is 2.59 bits per heavy atom. The summed E-state index contributed by atoms with van der Waals surface area (Å²) in [5, 5.41) is 10.6. The molecular weight excluding hydrogens is 307 g/mol. The molecule has 0 fully saturated rings. The second-order valence-electron chi connectivity index (χ2n) is 3.08. The van der Waals surface area contributed by atoms with Gasteiger partial charge in [-0.3, -0.25) is 10.1 Å². The maximum atomic E-state index is 11.9. The van der Waals surface area contributed by atoms with Crippen molar-refractivity contribution in [2.45, 2.75) is 12.6 Å². The Balaban J connectivity index is 2.74. The topological polar surface area (TPSA) is 52.4 Å². The number of ether oxygens (including phenoxy) is 1. The van der Waals surface area contributed by atoms with Crippen molar-refractivity contribution >= 4 is 21.6 Å².